The summed E-state index contributed by atoms with van der Waals surface area (Å²) >= 11 is 1.51. The summed E-state index contributed by atoms with van der Waals surface area (Å²) in [5.74, 6) is 0.780. The smallest absolute Gasteiger partial charge is 0.216 e. The third-order valence-corrected chi connectivity index (χ3v) is 6.06. The number of morpholine rings is 1. The summed E-state index contributed by atoms with van der Waals surface area (Å²) in [5, 5.41) is 1.93. The van der Waals surface area contributed by atoms with E-state index in [9.17, 15) is 4.39 Å². The summed E-state index contributed by atoms with van der Waals surface area (Å²) < 4.78 is 19.7. The second-order valence-electron chi connectivity index (χ2n) is 7.23. The van der Waals surface area contributed by atoms with Crippen LogP contribution in [0.2, 0.25) is 0 Å². The number of hydrogen-bond donors (Lipinski definition) is 0. The topological polar surface area (TPSA) is 66.2 Å². The van der Waals surface area contributed by atoms with E-state index in [-0.39, 0.29) is 6.04 Å². The third kappa shape index (κ3) is 4.27. The molecule has 0 N–H and O–H groups in total. The van der Waals surface area contributed by atoms with Crippen molar-refractivity contribution < 1.29 is 9.13 Å². The Morgan fingerprint density at radius 3 is 2.80 bits per heavy atom. The maximum atomic E-state index is 14.3. The van der Waals surface area contributed by atoms with Crippen molar-refractivity contribution in [2.24, 2.45) is 9.98 Å². The van der Waals surface area contributed by atoms with E-state index in [0.29, 0.717) is 50.9 Å². The van der Waals surface area contributed by atoms with E-state index in [0.717, 1.165) is 22.7 Å². The van der Waals surface area contributed by atoms with E-state index < -0.39 is 5.95 Å². The molecule has 1 unspecified atom stereocenters. The van der Waals surface area contributed by atoms with Gasteiger partial charge in [0.25, 0.3) is 0 Å². The van der Waals surface area contributed by atoms with E-state index in [1.54, 1.807) is 12.6 Å². The molecule has 2 saturated heterocycles. The first kappa shape index (κ1) is 20.6. The molecule has 2 aromatic heterocycles. The van der Waals surface area contributed by atoms with Gasteiger partial charge in [-0.1, -0.05) is 6.58 Å². The Hall–Kier alpha value is -2.65. The molecule has 2 fully saturated rings. The number of rotatable bonds is 3. The Morgan fingerprint density at radius 1 is 1.30 bits per heavy atom. The number of anilines is 2. The fourth-order valence-corrected chi connectivity index (χ4v) is 4.28. The van der Waals surface area contributed by atoms with Crippen LogP contribution in [0.15, 0.2) is 45.2 Å². The molecule has 2 aliphatic heterocycles. The molecular formula is C21H25FN6OS. The van der Waals surface area contributed by atoms with Crippen molar-refractivity contribution in [3.05, 3.63) is 46.8 Å². The van der Waals surface area contributed by atoms with Gasteiger partial charge in [0.2, 0.25) is 5.95 Å². The van der Waals surface area contributed by atoms with Crippen LogP contribution in [0.5, 0.6) is 0 Å². The second-order valence-corrected chi connectivity index (χ2v) is 7.95. The average molecular weight is 429 g/mol. The Balaban J connectivity index is 1.56. The zero-order valence-corrected chi connectivity index (χ0v) is 18.0. The molecule has 0 amide bonds. The van der Waals surface area contributed by atoms with Gasteiger partial charge in [-0.2, -0.15) is 4.39 Å². The lowest BCUT2D eigenvalue weighted by molar-refractivity contribution is 0.122. The Morgan fingerprint density at radius 2 is 2.10 bits per heavy atom. The lowest BCUT2D eigenvalue weighted by Gasteiger charge is -2.38. The molecule has 0 bridgehead atoms. The molecule has 1 atom stereocenters. The normalized spacial score (nSPS) is 22.1. The van der Waals surface area contributed by atoms with Crippen LogP contribution in [0.4, 0.5) is 15.9 Å². The molecule has 2 aromatic rings. The average Bonchev–Trinajstić information content (AvgIpc) is 3.30. The van der Waals surface area contributed by atoms with Crippen molar-refractivity contribution in [3.8, 4) is 0 Å². The highest BCUT2D eigenvalue weighted by Crippen LogP contribution is 2.29. The first-order chi connectivity index (χ1) is 14.6. The van der Waals surface area contributed by atoms with Gasteiger partial charge < -0.3 is 14.5 Å². The number of hydrogen-bond acceptors (Lipinski definition) is 7. The minimum absolute atomic E-state index is 0.0228. The summed E-state index contributed by atoms with van der Waals surface area (Å²) in [6.07, 6.45) is 0.698. The summed E-state index contributed by atoms with van der Waals surface area (Å²) in [6, 6.07) is 3.42. The van der Waals surface area contributed by atoms with Gasteiger partial charge in [-0.15, -0.1) is 11.3 Å². The molecule has 0 radical (unpaired) electrons. The zero-order valence-electron chi connectivity index (χ0n) is 17.2. The van der Waals surface area contributed by atoms with Crippen LogP contribution >= 0.6 is 11.3 Å². The van der Waals surface area contributed by atoms with Gasteiger partial charge in [0, 0.05) is 62.0 Å². The van der Waals surface area contributed by atoms with E-state index in [2.05, 4.69) is 38.3 Å². The Bertz CT molecular complexity index is 968. The SMILES string of the molecule is C=C1/C(=N\C(=N/C)c2cscn2)CCN(c2cc(F)nc(N3CCOCC3)c2)C1C. The van der Waals surface area contributed by atoms with Crippen LogP contribution < -0.4 is 9.80 Å². The van der Waals surface area contributed by atoms with Gasteiger partial charge in [0.05, 0.1) is 24.8 Å². The molecule has 7 nitrogen and oxygen atoms in total. The van der Waals surface area contributed by atoms with Gasteiger partial charge in [-0.05, 0) is 12.5 Å². The van der Waals surface area contributed by atoms with Crippen molar-refractivity contribution in [3.63, 3.8) is 0 Å². The zero-order chi connectivity index (χ0) is 21.1. The van der Waals surface area contributed by atoms with E-state index in [4.69, 9.17) is 9.73 Å². The number of thiazole rings is 1. The van der Waals surface area contributed by atoms with Gasteiger partial charge in [-0.3, -0.25) is 4.99 Å². The number of ether oxygens (including phenoxy) is 1. The van der Waals surface area contributed by atoms with Crippen LogP contribution in [-0.4, -0.2) is 67.5 Å². The maximum Gasteiger partial charge on any atom is 0.216 e. The molecular weight excluding hydrogens is 403 g/mol. The summed E-state index contributed by atoms with van der Waals surface area (Å²) in [4.78, 5) is 21.6. The van der Waals surface area contributed by atoms with Crippen LogP contribution in [-0.2, 0) is 4.74 Å². The quantitative estimate of drug-likeness (QED) is 0.427. The number of piperidine rings is 1. The van der Waals surface area contributed by atoms with Crippen LogP contribution in [0.25, 0.3) is 0 Å². The molecule has 9 heteroatoms. The van der Waals surface area contributed by atoms with Gasteiger partial charge in [0.15, 0.2) is 5.84 Å². The lowest BCUT2D eigenvalue weighted by Crippen LogP contribution is -2.43. The van der Waals surface area contributed by atoms with Crippen molar-refractivity contribution in [1.29, 1.82) is 0 Å². The molecule has 0 aliphatic carbocycles. The van der Waals surface area contributed by atoms with E-state index in [1.807, 2.05) is 11.4 Å². The maximum absolute atomic E-state index is 14.3. The molecule has 4 heterocycles. The summed E-state index contributed by atoms with van der Waals surface area (Å²) in [6.45, 7) is 9.73. The number of halogens is 1. The summed E-state index contributed by atoms with van der Waals surface area (Å²) in [7, 11) is 1.72. The number of pyridine rings is 1. The number of aliphatic imine (C=N–C) groups is 2. The van der Waals surface area contributed by atoms with Crippen molar-refractivity contribution >= 4 is 34.4 Å². The van der Waals surface area contributed by atoms with Gasteiger partial charge in [0.1, 0.15) is 11.5 Å². The number of nitrogens with zero attached hydrogens (tertiary/aromatic N) is 6. The van der Waals surface area contributed by atoms with Crippen molar-refractivity contribution in [1.82, 2.24) is 9.97 Å². The van der Waals surface area contributed by atoms with E-state index >= 15 is 0 Å². The molecule has 0 saturated carbocycles. The predicted octanol–water partition coefficient (Wildman–Crippen LogP) is 3.19. The van der Waals surface area contributed by atoms with Crippen molar-refractivity contribution in [2.75, 3.05) is 49.7 Å². The van der Waals surface area contributed by atoms with Gasteiger partial charge in [-0.25, -0.2) is 15.0 Å². The number of aromatic nitrogens is 2. The van der Waals surface area contributed by atoms with Crippen LogP contribution in [0, 0.1) is 5.95 Å². The molecule has 0 spiro atoms. The third-order valence-electron chi connectivity index (χ3n) is 5.48. The van der Waals surface area contributed by atoms with E-state index in [1.165, 1.54) is 17.4 Å². The highest BCUT2D eigenvalue weighted by molar-refractivity contribution is 7.07. The highest BCUT2D eigenvalue weighted by Gasteiger charge is 2.28. The number of amidine groups is 1. The Kier molecular flexibility index (Phi) is 6.19. The largest absolute Gasteiger partial charge is 0.378 e. The second kappa shape index (κ2) is 9.01. The summed E-state index contributed by atoms with van der Waals surface area (Å²) in [5.41, 5.74) is 5.16. The first-order valence-electron chi connectivity index (χ1n) is 9.96. The minimum atomic E-state index is -0.477. The fraction of sp³-hybridized carbons (Fsp3) is 0.429. The lowest BCUT2D eigenvalue weighted by atomic mass is 9.95. The molecule has 0 aromatic carbocycles. The molecule has 158 valence electrons. The first-order valence-corrected chi connectivity index (χ1v) is 10.9. The fourth-order valence-electron chi connectivity index (χ4n) is 3.75. The minimum Gasteiger partial charge on any atom is -0.378 e. The standard InChI is InChI=1S/C21H25FN6OS/c1-14-15(2)28(5-4-17(14)25-21(23-3)18-12-30-13-24-18)16-10-19(22)26-20(11-16)27-6-8-29-9-7-27/h10-13,15H,1,4-9H2,2-3H3/b23-21-,25-17-. The Labute approximate surface area is 179 Å². The van der Waals surface area contributed by atoms with Crippen LogP contribution in [0.3, 0.4) is 0 Å². The molecule has 4 rings (SSSR count). The highest BCUT2D eigenvalue weighted by atomic mass is 32.1. The molecule has 2 aliphatic rings. The monoisotopic (exact) mass is 428 g/mol. The van der Waals surface area contributed by atoms with Crippen LogP contribution in [0.1, 0.15) is 19.0 Å². The van der Waals surface area contributed by atoms with Crippen molar-refractivity contribution in [2.45, 2.75) is 19.4 Å². The molecule has 30 heavy (non-hydrogen) atoms. The van der Waals surface area contributed by atoms with Gasteiger partial charge >= 0.3 is 0 Å². The predicted molar refractivity (Wildman–Crippen MR) is 120 cm³/mol.